The monoisotopic (exact) mass is 381 g/mol. The van der Waals surface area contributed by atoms with Crippen molar-refractivity contribution >= 4 is 17.8 Å². The molecular formula is C15H22F3N3O5. The van der Waals surface area contributed by atoms with Crippen molar-refractivity contribution in [1.29, 1.82) is 0 Å². The third-order valence-corrected chi connectivity index (χ3v) is 3.68. The first-order valence-electron chi connectivity index (χ1n) is 8.03. The lowest BCUT2D eigenvalue weighted by molar-refractivity contribution is -0.179. The Hall–Kier alpha value is -2.30. The Kier molecular flexibility index (Phi) is 7.01. The lowest BCUT2D eigenvalue weighted by Crippen LogP contribution is -2.70. The zero-order valence-electron chi connectivity index (χ0n) is 14.4. The van der Waals surface area contributed by atoms with E-state index < -0.39 is 47.9 Å². The number of nitrogens with zero attached hydrogens (tertiary/aromatic N) is 1. The molecule has 26 heavy (non-hydrogen) atoms. The first-order chi connectivity index (χ1) is 12.0. The number of amides is 2. The molecule has 1 aliphatic rings. The molecule has 148 valence electrons. The van der Waals surface area contributed by atoms with Crippen LogP contribution in [0.15, 0.2) is 11.8 Å². The largest absolute Gasteiger partial charge is 0.475 e. The Balaban J connectivity index is 3.21. The molecule has 4 N–H and O–H groups in total. The molecule has 2 atom stereocenters. The minimum Gasteiger partial charge on any atom is -0.475 e. The van der Waals surface area contributed by atoms with Gasteiger partial charge in [0, 0.05) is 19.5 Å². The highest BCUT2D eigenvalue weighted by Crippen LogP contribution is 2.27. The van der Waals surface area contributed by atoms with Crippen molar-refractivity contribution in [3.63, 3.8) is 0 Å². The Morgan fingerprint density at radius 3 is 2.31 bits per heavy atom. The van der Waals surface area contributed by atoms with Crippen molar-refractivity contribution in [1.82, 2.24) is 10.2 Å². The molecule has 0 radical (unpaired) electrons. The number of carboxylic acids is 1. The summed E-state index contributed by atoms with van der Waals surface area (Å²) in [6.45, 7) is 4.15. The van der Waals surface area contributed by atoms with Gasteiger partial charge in [0.25, 0.3) is 5.91 Å². The number of carboxylic acid groups (broad SMARTS) is 1. The quantitative estimate of drug-likeness (QED) is 0.559. The van der Waals surface area contributed by atoms with Crippen LogP contribution in [0.5, 0.6) is 0 Å². The summed E-state index contributed by atoms with van der Waals surface area (Å²) < 4.78 is 42.9. The van der Waals surface area contributed by atoms with E-state index in [1.54, 1.807) is 19.2 Å². The van der Waals surface area contributed by atoms with E-state index in [9.17, 15) is 27.6 Å². The van der Waals surface area contributed by atoms with Gasteiger partial charge in [-0.2, -0.15) is 13.2 Å². The van der Waals surface area contributed by atoms with Crippen molar-refractivity contribution in [3.8, 4) is 0 Å². The number of nitrogens with one attached hydrogen (secondary N) is 1. The van der Waals surface area contributed by atoms with E-state index in [4.69, 9.17) is 15.6 Å². The Morgan fingerprint density at radius 1 is 1.35 bits per heavy atom. The van der Waals surface area contributed by atoms with Crippen molar-refractivity contribution in [2.45, 2.75) is 51.1 Å². The van der Waals surface area contributed by atoms with Crippen LogP contribution in [0.4, 0.5) is 13.2 Å². The summed E-state index contributed by atoms with van der Waals surface area (Å²) in [5.74, 6) is -5.24. The SMILES string of the molecule is CCCN(CCC)C(=O)C1OC(C(=O)O)=CCC1(N)NC(=O)C(F)(F)F. The Bertz CT molecular complexity index is 588. The van der Waals surface area contributed by atoms with Crippen LogP contribution in [-0.2, 0) is 19.1 Å². The van der Waals surface area contributed by atoms with E-state index in [-0.39, 0.29) is 13.1 Å². The summed E-state index contributed by atoms with van der Waals surface area (Å²) in [6, 6.07) is 0. The lowest BCUT2D eigenvalue weighted by atomic mass is 9.94. The maximum atomic E-state index is 12.8. The van der Waals surface area contributed by atoms with Crippen LogP contribution in [-0.4, -0.2) is 58.8 Å². The maximum Gasteiger partial charge on any atom is 0.471 e. The van der Waals surface area contributed by atoms with Crippen molar-refractivity contribution in [2.24, 2.45) is 5.73 Å². The van der Waals surface area contributed by atoms with Gasteiger partial charge in [-0.1, -0.05) is 13.8 Å². The summed E-state index contributed by atoms with van der Waals surface area (Å²) >= 11 is 0. The van der Waals surface area contributed by atoms with E-state index in [0.29, 0.717) is 12.8 Å². The minimum atomic E-state index is -5.22. The van der Waals surface area contributed by atoms with Gasteiger partial charge in [0.15, 0.2) is 0 Å². The molecule has 1 aliphatic heterocycles. The first kappa shape index (κ1) is 21.7. The number of ether oxygens (including phenoxy) is 1. The molecule has 0 spiro atoms. The molecule has 0 aliphatic carbocycles. The number of alkyl halides is 3. The summed E-state index contributed by atoms with van der Waals surface area (Å²) in [6.07, 6.45) is -5.49. The van der Waals surface area contributed by atoms with Gasteiger partial charge < -0.3 is 25.8 Å². The second kappa shape index (κ2) is 8.39. The molecular weight excluding hydrogens is 359 g/mol. The molecule has 0 fully saturated rings. The molecule has 2 amide bonds. The van der Waals surface area contributed by atoms with E-state index in [1.807, 2.05) is 0 Å². The molecule has 0 aromatic heterocycles. The van der Waals surface area contributed by atoms with Crippen LogP contribution in [0, 0.1) is 0 Å². The van der Waals surface area contributed by atoms with E-state index in [0.717, 1.165) is 6.08 Å². The molecule has 0 aromatic carbocycles. The number of halogens is 3. The third-order valence-electron chi connectivity index (χ3n) is 3.68. The standard InChI is InChI=1S/C15H22F3N3O5/c1-3-7-21(8-4-2)11(22)10-14(19,20-13(25)15(16,17)18)6-5-9(26-10)12(23)24/h5,10H,3-4,6-8,19H2,1-2H3,(H,20,25)(H,23,24). The van der Waals surface area contributed by atoms with Gasteiger partial charge >= 0.3 is 18.1 Å². The fraction of sp³-hybridized carbons (Fsp3) is 0.667. The Morgan fingerprint density at radius 2 is 1.88 bits per heavy atom. The second-order valence-electron chi connectivity index (χ2n) is 5.89. The summed E-state index contributed by atoms with van der Waals surface area (Å²) in [7, 11) is 0. The predicted octanol–water partition coefficient (Wildman–Crippen LogP) is 0.726. The van der Waals surface area contributed by atoms with Gasteiger partial charge in [-0.3, -0.25) is 9.59 Å². The van der Waals surface area contributed by atoms with E-state index in [1.165, 1.54) is 4.90 Å². The molecule has 1 heterocycles. The van der Waals surface area contributed by atoms with Crippen LogP contribution in [0.3, 0.4) is 0 Å². The number of carbonyl (C=O) groups is 3. The second-order valence-corrected chi connectivity index (χ2v) is 5.89. The molecule has 0 saturated carbocycles. The third kappa shape index (κ3) is 5.10. The Labute approximate surface area is 148 Å². The van der Waals surface area contributed by atoms with Gasteiger partial charge in [-0.15, -0.1) is 0 Å². The summed E-state index contributed by atoms with van der Waals surface area (Å²) in [5, 5.41) is 10.6. The maximum absolute atomic E-state index is 12.8. The van der Waals surface area contributed by atoms with Gasteiger partial charge in [0.2, 0.25) is 11.9 Å². The van der Waals surface area contributed by atoms with Crippen LogP contribution < -0.4 is 11.1 Å². The van der Waals surface area contributed by atoms with Gasteiger partial charge in [-0.05, 0) is 18.9 Å². The number of aliphatic carboxylic acids is 1. The van der Waals surface area contributed by atoms with Gasteiger partial charge in [0.05, 0.1) is 0 Å². The number of nitrogens with two attached hydrogens (primary N) is 1. The highest BCUT2D eigenvalue weighted by Gasteiger charge is 2.51. The molecule has 0 aromatic rings. The van der Waals surface area contributed by atoms with Crippen molar-refractivity contribution < 1.29 is 37.4 Å². The molecule has 1 rings (SSSR count). The van der Waals surface area contributed by atoms with Crippen LogP contribution in [0.25, 0.3) is 0 Å². The van der Waals surface area contributed by atoms with Crippen LogP contribution >= 0.6 is 0 Å². The molecule has 2 unspecified atom stereocenters. The highest BCUT2D eigenvalue weighted by atomic mass is 19.4. The van der Waals surface area contributed by atoms with Crippen LogP contribution in [0.2, 0.25) is 0 Å². The first-order valence-corrected chi connectivity index (χ1v) is 8.03. The average Bonchev–Trinajstić information content (AvgIpc) is 2.53. The van der Waals surface area contributed by atoms with Crippen molar-refractivity contribution in [2.75, 3.05) is 13.1 Å². The van der Waals surface area contributed by atoms with Crippen LogP contribution in [0.1, 0.15) is 33.1 Å². The number of rotatable bonds is 7. The number of hydrogen-bond donors (Lipinski definition) is 3. The fourth-order valence-electron chi connectivity index (χ4n) is 2.49. The number of hydrogen-bond acceptors (Lipinski definition) is 5. The molecule has 8 nitrogen and oxygen atoms in total. The topological polar surface area (TPSA) is 122 Å². The van der Waals surface area contributed by atoms with Gasteiger partial charge in [-0.25, -0.2) is 4.79 Å². The fourth-order valence-corrected chi connectivity index (χ4v) is 2.49. The molecule has 0 saturated heterocycles. The van der Waals surface area contributed by atoms with E-state index >= 15 is 0 Å². The van der Waals surface area contributed by atoms with Gasteiger partial charge in [0.1, 0.15) is 5.66 Å². The lowest BCUT2D eigenvalue weighted by Gasteiger charge is -2.41. The normalized spacial score (nSPS) is 22.8. The van der Waals surface area contributed by atoms with E-state index in [2.05, 4.69) is 0 Å². The number of carbonyl (C=O) groups excluding carboxylic acids is 2. The summed E-state index contributed by atoms with van der Waals surface area (Å²) in [4.78, 5) is 36.5. The predicted molar refractivity (Wildman–Crippen MR) is 83.5 cm³/mol. The minimum absolute atomic E-state index is 0.280. The summed E-state index contributed by atoms with van der Waals surface area (Å²) in [5.41, 5.74) is 3.62. The molecule has 0 bridgehead atoms. The highest BCUT2D eigenvalue weighted by molar-refractivity contribution is 5.89. The smallest absolute Gasteiger partial charge is 0.471 e. The average molecular weight is 381 g/mol. The zero-order valence-corrected chi connectivity index (χ0v) is 14.4. The molecule has 11 heteroatoms. The zero-order chi connectivity index (χ0) is 20.1. The van der Waals surface area contributed by atoms with Crippen molar-refractivity contribution in [3.05, 3.63) is 11.8 Å².